The molecule has 0 radical (unpaired) electrons. The Hall–Kier alpha value is -2.32. The minimum absolute atomic E-state index is 0.166. The number of amides is 1. The summed E-state index contributed by atoms with van der Waals surface area (Å²) in [5.41, 5.74) is -0.464. The van der Waals surface area contributed by atoms with E-state index in [4.69, 9.17) is 4.74 Å². The van der Waals surface area contributed by atoms with E-state index in [1.54, 1.807) is 6.33 Å². The summed E-state index contributed by atoms with van der Waals surface area (Å²) in [6.07, 6.45) is 6.79. The average molecular weight is 434 g/mol. The summed E-state index contributed by atoms with van der Waals surface area (Å²) in [6, 6.07) is 0.231. The molecule has 9 heteroatoms. The lowest BCUT2D eigenvalue weighted by atomic mass is 10.0. The highest BCUT2D eigenvalue weighted by Gasteiger charge is 2.35. The summed E-state index contributed by atoms with van der Waals surface area (Å²) in [5, 5.41) is 11.6. The molecule has 174 valence electrons. The Morgan fingerprint density at radius 2 is 2.00 bits per heavy atom. The first-order valence-corrected chi connectivity index (χ1v) is 11.6. The Morgan fingerprint density at radius 1 is 1.29 bits per heavy atom. The van der Waals surface area contributed by atoms with E-state index in [1.165, 1.54) is 12.8 Å². The minimum atomic E-state index is -0.464. The third kappa shape index (κ3) is 6.83. The number of likely N-dealkylation sites (tertiary alicyclic amines) is 1. The smallest absolute Gasteiger partial charge is 0.410 e. The van der Waals surface area contributed by atoms with Gasteiger partial charge in [-0.2, -0.15) is 0 Å². The van der Waals surface area contributed by atoms with Gasteiger partial charge in [0.05, 0.1) is 0 Å². The van der Waals surface area contributed by atoms with Crippen LogP contribution in [-0.2, 0) is 17.7 Å². The van der Waals surface area contributed by atoms with Crippen molar-refractivity contribution in [2.24, 2.45) is 10.9 Å². The van der Waals surface area contributed by atoms with Crippen LogP contribution in [0.4, 0.5) is 4.79 Å². The molecule has 2 heterocycles. The van der Waals surface area contributed by atoms with Gasteiger partial charge in [0, 0.05) is 52.2 Å². The highest BCUT2D eigenvalue weighted by Crippen LogP contribution is 2.32. The molecule has 0 atom stereocenters. The number of hydrogen-bond donors (Lipinski definition) is 1. The molecule has 0 unspecified atom stereocenters. The first-order chi connectivity index (χ1) is 14.8. The number of carbonyl (C=O) groups is 1. The summed E-state index contributed by atoms with van der Waals surface area (Å²) < 4.78 is 7.78. The van der Waals surface area contributed by atoms with Gasteiger partial charge in [-0.3, -0.25) is 4.99 Å². The molecule has 0 bridgehead atoms. The molecule has 0 spiro atoms. The summed E-state index contributed by atoms with van der Waals surface area (Å²) in [4.78, 5) is 21.6. The number of nitrogens with one attached hydrogen (secondary N) is 1. The zero-order chi connectivity index (χ0) is 22.4. The second kappa shape index (κ2) is 10.3. The third-order valence-electron chi connectivity index (χ3n) is 5.84. The molecule has 2 fully saturated rings. The van der Waals surface area contributed by atoms with Gasteiger partial charge >= 0.3 is 6.09 Å². The third-order valence-corrected chi connectivity index (χ3v) is 5.84. The average Bonchev–Trinajstić information content (AvgIpc) is 3.44. The van der Waals surface area contributed by atoms with E-state index < -0.39 is 5.60 Å². The van der Waals surface area contributed by atoms with E-state index in [0.717, 1.165) is 63.8 Å². The summed E-state index contributed by atoms with van der Waals surface area (Å²) in [7, 11) is 1.82. The molecule has 2 aliphatic rings. The van der Waals surface area contributed by atoms with Gasteiger partial charge in [0.2, 0.25) is 0 Å². The van der Waals surface area contributed by atoms with Crippen molar-refractivity contribution in [2.75, 3.05) is 33.2 Å². The van der Waals surface area contributed by atoms with Crippen LogP contribution in [0.5, 0.6) is 0 Å². The molecular weight excluding hydrogens is 394 g/mol. The number of carbonyl (C=O) groups excluding carboxylic acids is 1. The van der Waals surface area contributed by atoms with Crippen molar-refractivity contribution in [3.63, 3.8) is 0 Å². The first-order valence-electron chi connectivity index (χ1n) is 11.6. The van der Waals surface area contributed by atoms with Gasteiger partial charge in [-0.15, -0.1) is 10.2 Å². The van der Waals surface area contributed by atoms with Crippen LogP contribution in [0, 0.1) is 5.92 Å². The van der Waals surface area contributed by atoms with Gasteiger partial charge in [-0.1, -0.05) is 6.92 Å². The number of rotatable bonds is 7. The Bertz CT molecular complexity index is 743. The normalized spacial score (nSPS) is 18.2. The molecule has 1 aliphatic heterocycles. The second-order valence-corrected chi connectivity index (χ2v) is 9.56. The molecule has 3 rings (SSSR count). The van der Waals surface area contributed by atoms with E-state index >= 15 is 0 Å². The Kier molecular flexibility index (Phi) is 7.78. The zero-order valence-electron chi connectivity index (χ0n) is 19.8. The predicted octanol–water partition coefficient (Wildman–Crippen LogP) is 2.53. The van der Waals surface area contributed by atoms with E-state index in [9.17, 15) is 4.79 Å². The van der Waals surface area contributed by atoms with Crippen molar-refractivity contribution in [3.05, 3.63) is 12.2 Å². The largest absolute Gasteiger partial charge is 0.444 e. The number of piperidine rings is 1. The van der Waals surface area contributed by atoms with Crippen molar-refractivity contribution < 1.29 is 9.53 Å². The van der Waals surface area contributed by atoms with Crippen LogP contribution in [-0.4, -0.2) is 81.5 Å². The van der Waals surface area contributed by atoms with Crippen molar-refractivity contribution >= 4 is 12.1 Å². The van der Waals surface area contributed by atoms with Crippen molar-refractivity contribution in [3.8, 4) is 0 Å². The molecule has 0 aromatic carbocycles. The van der Waals surface area contributed by atoms with Crippen molar-refractivity contribution in [1.29, 1.82) is 0 Å². The van der Waals surface area contributed by atoms with Gasteiger partial charge in [0.25, 0.3) is 0 Å². The molecule has 1 saturated carbocycles. The fraction of sp³-hybridized carbons (Fsp3) is 0.818. The first kappa shape index (κ1) is 23.3. The molecule has 1 amide bonds. The number of ether oxygens (including phenoxy) is 1. The Labute approximate surface area is 186 Å². The zero-order valence-corrected chi connectivity index (χ0v) is 19.8. The predicted molar refractivity (Wildman–Crippen MR) is 121 cm³/mol. The van der Waals surface area contributed by atoms with Crippen LogP contribution in [0.1, 0.15) is 59.2 Å². The summed E-state index contributed by atoms with van der Waals surface area (Å²) in [6.45, 7) is 12.0. The number of aryl methyl sites for hydroxylation is 1. The fourth-order valence-electron chi connectivity index (χ4n) is 4.02. The highest BCUT2D eigenvalue weighted by molar-refractivity contribution is 5.80. The molecule has 1 aromatic heterocycles. The highest BCUT2D eigenvalue weighted by atomic mass is 16.6. The van der Waals surface area contributed by atoms with Crippen molar-refractivity contribution in [2.45, 2.75) is 78.0 Å². The second-order valence-electron chi connectivity index (χ2n) is 9.56. The summed E-state index contributed by atoms with van der Waals surface area (Å²) in [5.74, 6) is 2.55. The van der Waals surface area contributed by atoms with Gasteiger partial charge in [0.1, 0.15) is 17.8 Å². The monoisotopic (exact) mass is 433 g/mol. The lowest BCUT2D eigenvalue weighted by Gasteiger charge is -2.40. The maximum absolute atomic E-state index is 12.8. The van der Waals surface area contributed by atoms with Gasteiger partial charge in [-0.05, 0) is 52.4 Å². The Morgan fingerprint density at radius 3 is 2.58 bits per heavy atom. The van der Waals surface area contributed by atoms with Crippen LogP contribution >= 0.6 is 0 Å². The van der Waals surface area contributed by atoms with Gasteiger partial charge in [-0.25, -0.2) is 4.79 Å². The van der Waals surface area contributed by atoms with Crippen LogP contribution in [0.2, 0.25) is 0 Å². The number of aliphatic imine (C=N–C) groups is 1. The molecular formula is C22H39N7O2. The van der Waals surface area contributed by atoms with E-state index in [2.05, 4.69) is 36.9 Å². The van der Waals surface area contributed by atoms with Crippen LogP contribution in [0.25, 0.3) is 0 Å². The van der Waals surface area contributed by atoms with E-state index in [-0.39, 0.29) is 12.1 Å². The Balaban J connectivity index is 1.50. The minimum Gasteiger partial charge on any atom is -0.444 e. The van der Waals surface area contributed by atoms with Gasteiger partial charge in [0.15, 0.2) is 5.96 Å². The van der Waals surface area contributed by atoms with E-state index in [1.807, 2.05) is 32.7 Å². The number of guanidine groups is 1. The van der Waals surface area contributed by atoms with Crippen LogP contribution < -0.4 is 5.32 Å². The standard InChI is InChI=1S/C22H39N7O2/c1-6-19-26-25-16-28(19)14-11-24-20(23-5)27-12-9-18(10-13-27)29(15-17-7-8-17)21(30)31-22(2,3)4/h16-18H,6-15H2,1-5H3,(H,23,24). The van der Waals surface area contributed by atoms with Gasteiger partial charge < -0.3 is 24.4 Å². The summed E-state index contributed by atoms with van der Waals surface area (Å²) >= 11 is 0. The maximum atomic E-state index is 12.8. The quantitative estimate of drug-likeness (QED) is 0.525. The molecule has 1 aromatic rings. The topological polar surface area (TPSA) is 87.9 Å². The lowest BCUT2D eigenvalue weighted by molar-refractivity contribution is 0.00928. The van der Waals surface area contributed by atoms with E-state index in [0.29, 0.717) is 5.92 Å². The molecule has 31 heavy (non-hydrogen) atoms. The fourth-order valence-corrected chi connectivity index (χ4v) is 4.02. The molecule has 9 nitrogen and oxygen atoms in total. The molecule has 1 N–H and O–H groups in total. The van der Waals surface area contributed by atoms with Crippen LogP contribution in [0.3, 0.4) is 0 Å². The number of hydrogen-bond acceptors (Lipinski definition) is 5. The number of aromatic nitrogens is 3. The lowest BCUT2D eigenvalue weighted by Crippen LogP contribution is -2.52. The molecule has 1 saturated heterocycles. The maximum Gasteiger partial charge on any atom is 0.410 e. The SMILES string of the molecule is CCc1nncn1CCNC(=NC)N1CCC(N(CC2CC2)C(=O)OC(C)(C)C)CC1. The van der Waals surface area contributed by atoms with Crippen molar-refractivity contribution in [1.82, 2.24) is 29.9 Å². The molecule has 1 aliphatic carbocycles. The number of nitrogens with zero attached hydrogens (tertiary/aromatic N) is 6. The van der Waals surface area contributed by atoms with Crippen LogP contribution in [0.15, 0.2) is 11.3 Å².